The quantitative estimate of drug-likeness (QED) is 0.685. The van der Waals surface area contributed by atoms with Crippen molar-refractivity contribution in [1.29, 1.82) is 0 Å². The molecule has 0 unspecified atom stereocenters. The van der Waals surface area contributed by atoms with E-state index in [1.165, 1.54) is 18.2 Å². The van der Waals surface area contributed by atoms with E-state index in [9.17, 15) is 23.2 Å². The van der Waals surface area contributed by atoms with Crippen LogP contribution in [0.3, 0.4) is 0 Å². The van der Waals surface area contributed by atoms with Gasteiger partial charge in [0.15, 0.2) is 12.0 Å². The SMILES string of the molecule is O=C(COC(=O)c1cc(=O)c2cc(Cl)ccc2o1)Nc1ccc(F)cc1F. The van der Waals surface area contributed by atoms with Crippen molar-refractivity contribution in [2.75, 3.05) is 11.9 Å². The van der Waals surface area contributed by atoms with Crippen molar-refractivity contribution < 1.29 is 27.5 Å². The first-order chi connectivity index (χ1) is 12.8. The predicted molar refractivity (Wildman–Crippen MR) is 92.8 cm³/mol. The maximum absolute atomic E-state index is 13.5. The van der Waals surface area contributed by atoms with E-state index in [0.717, 1.165) is 18.2 Å². The van der Waals surface area contributed by atoms with Gasteiger partial charge in [-0.2, -0.15) is 0 Å². The maximum atomic E-state index is 13.5. The van der Waals surface area contributed by atoms with E-state index in [0.29, 0.717) is 11.1 Å². The zero-order chi connectivity index (χ0) is 19.6. The predicted octanol–water partition coefficient (Wildman–Crippen LogP) is 3.52. The Bertz CT molecular complexity index is 1110. The fourth-order valence-corrected chi connectivity index (χ4v) is 2.38. The van der Waals surface area contributed by atoms with Gasteiger partial charge < -0.3 is 14.5 Å². The molecular weight excluding hydrogens is 384 g/mol. The number of fused-ring (bicyclic) bond motifs is 1. The summed E-state index contributed by atoms with van der Waals surface area (Å²) in [6.45, 7) is -0.766. The van der Waals surface area contributed by atoms with Crippen LogP contribution in [0, 0.1) is 11.6 Å². The molecule has 138 valence electrons. The summed E-state index contributed by atoms with van der Waals surface area (Å²) in [7, 11) is 0. The number of hydrogen-bond acceptors (Lipinski definition) is 5. The Morgan fingerprint density at radius 3 is 2.63 bits per heavy atom. The lowest BCUT2D eigenvalue weighted by atomic mass is 10.2. The highest BCUT2D eigenvalue weighted by atomic mass is 35.5. The van der Waals surface area contributed by atoms with Crippen LogP contribution in [-0.4, -0.2) is 18.5 Å². The van der Waals surface area contributed by atoms with Gasteiger partial charge in [-0.3, -0.25) is 9.59 Å². The van der Waals surface area contributed by atoms with E-state index in [1.54, 1.807) is 0 Å². The van der Waals surface area contributed by atoms with Gasteiger partial charge in [0, 0.05) is 17.2 Å². The van der Waals surface area contributed by atoms with Gasteiger partial charge in [-0.25, -0.2) is 13.6 Å². The number of amides is 1. The van der Waals surface area contributed by atoms with Gasteiger partial charge in [-0.1, -0.05) is 11.6 Å². The molecule has 0 saturated carbocycles. The zero-order valence-corrected chi connectivity index (χ0v) is 14.2. The lowest BCUT2D eigenvalue weighted by Gasteiger charge is -2.07. The summed E-state index contributed by atoms with van der Waals surface area (Å²) in [5, 5.41) is 2.64. The van der Waals surface area contributed by atoms with Gasteiger partial charge in [0.2, 0.25) is 5.76 Å². The number of anilines is 1. The zero-order valence-electron chi connectivity index (χ0n) is 13.4. The van der Waals surface area contributed by atoms with Gasteiger partial charge in [-0.05, 0) is 30.3 Å². The minimum atomic E-state index is -1.06. The third-order valence-corrected chi connectivity index (χ3v) is 3.67. The maximum Gasteiger partial charge on any atom is 0.374 e. The molecule has 0 saturated heterocycles. The molecule has 0 fully saturated rings. The topological polar surface area (TPSA) is 85.6 Å². The molecule has 1 N–H and O–H groups in total. The summed E-state index contributed by atoms with van der Waals surface area (Å²) in [5.74, 6) is -4.10. The van der Waals surface area contributed by atoms with Crippen molar-refractivity contribution in [3.8, 4) is 0 Å². The number of carbonyl (C=O) groups is 2. The number of rotatable bonds is 4. The van der Waals surface area contributed by atoms with Crippen molar-refractivity contribution in [2.45, 2.75) is 0 Å². The molecule has 0 bridgehead atoms. The van der Waals surface area contributed by atoms with E-state index in [4.69, 9.17) is 20.8 Å². The van der Waals surface area contributed by atoms with Crippen molar-refractivity contribution in [3.05, 3.63) is 75.1 Å². The summed E-state index contributed by atoms with van der Waals surface area (Å²) in [6, 6.07) is 7.78. The Labute approximate surface area is 155 Å². The molecule has 27 heavy (non-hydrogen) atoms. The van der Waals surface area contributed by atoms with Gasteiger partial charge in [0.05, 0.1) is 11.1 Å². The third-order valence-electron chi connectivity index (χ3n) is 3.43. The molecule has 1 heterocycles. The van der Waals surface area contributed by atoms with Gasteiger partial charge in [0.25, 0.3) is 5.91 Å². The summed E-state index contributed by atoms with van der Waals surface area (Å²) in [5.41, 5.74) is -0.660. The van der Waals surface area contributed by atoms with Gasteiger partial charge in [0.1, 0.15) is 17.2 Å². The highest BCUT2D eigenvalue weighted by Gasteiger charge is 2.16. The Kier molecular flexibility index (Phi) is 5.18. The van der Waals surface area contributed by atoms with Crippen LogP contribution in [0.5, 0.6) is 0 Å². The number of ether oxygens (including phenoxy) is 1. The fourth-order valence-electron chi connectivity index (χ4n) is 2.21. The van der Waals surface area contributed by atoms with Crippen molar-refractivity contribution >= 4 is 40.1 Å². The molecule has 0 aliphatic heterocycles. The Morgan fingerprint density at radius 2 is 1.89 bits per heavy atom. The molecule has 6 nitrogen and oxygen atoms in total. The van der Waals surface area contributed by atoms with Crippen molar-refractivity contribution in [1.82, 2.24) is 0 Å². The smallest absolute Gasteiger partial charge is 0.374 e. The van der Waals surface area contributed by atoms with E-state index in [1.807, 2.05) is 0 Å². The molecule has 0 aliphatic rings. The molecule has 0 radical (unpaired) electrons. The van der Waals surface area contributed by atoms with Gasteiger partial charge in [-0.15, -0.1) is 0 Å². The Balaban J connectivity index is 1.68. The summed E-state index contributed by atoms with van der Waals surface area (Å²) < 4.78 is 36.3. The molecule has 0 spiro atoms. The third kappa shape index (κ3) is 4.29. The first-order valence-electron chi connectivity index (χ1n) is 7.49. The number of benzene rings is 2. The van der Waals surface area contributed by atoms with Gasteiger partial charge >= 0.3 is 5.97 Å². The Hall–Kier alpha value is -3.26. The van der Waals surface area contributed by atoms with Crippen LogP contribution < -0.4 is 10.7 Å². The lowest BCUT2D eigenvalue weighted by molar-refractivity contribution is -0.119. The van der Waals surface area contributed by atoms with E-state index in [2.05, 4.69) is 5.32 Å². The van der Waals surface area contributed by atoms with Crippen LogP contribution in [0.2, 0.25) is 5.02 Å². The molecule has 1 amide bonds. The molecule has 0 atom stereocenters. The highest BCUT2D eigenvalue weighted by molar-refractivity contribution is 6.31. The van der Waals surface area contributed by atoms with Crippen LogP contribution in [0.15, 0.2) is 51.7 Å². The van der Waals surface area contributed by atoms with Crippen LogP contribution in [-0.2, 0) is 9.53 Å². The van der Waals surface area contributed by atoms with Crippen LogP contribution in [0.25, 0.3) is 11.0 Å². The summed E-state index contributed by atoms with van der Waals surface area (Å²) >= 11 is 5.80. The fraction of sp³-hybridized carbons (Fsp3) is 0.0556. The highest BCUT2D eigenvalue weighted by Crippen LogP contribution is 2.18. The van der Waals surface area contributed by atoms with Crippen molar-refractivity contribution in [2.24, 2.45) is 0 Å². The number of nitrogens with one attached hydrogen (secondary N) is 1. The standard InChI is InChI=1S/C18H10ClF2NO5/c19-9-1-4-15-11(5-9)14(23)7-16(27-15)18(25)26-8-17(24)22-13-3-2-10(20)6-12(13)21/h1-7H,8H2,(H,22,24). The minimum absolute atomic E-state index is 0.122. The molecule has 2 aromatic carbocycles. The van der Waals surface area contributed by atoms with Crippen LogP contribution in [0.4, 0.5) is 14.5 Å². The first kappa shape index (κ1) is 18.5. The van der Waals surface area contributed by atoms with E-state index >= 15 is 0 Å². The second-order valence-corrected chi connectivity index (χ2v) is 5.80. The number of carbonyl (C=O) groups excluding carboxylic acids is 2. The molecule has 3 aromatic rings. The lowest BCUT2D eigenvalue weighted by Crippen LogP contribution is -2.22. The molecule has 0 aliphatic carbocycles. The summed E-state index contributed by atoms with van der Waals surface area (Å²) in [4.78, 5) is 35.8. The summed E-state index contributed by atoms with van der Waals surface area (Å²) in [6.07, 6.45) is 0. The average Bonchev–Trinajstić information content (AvgIpc) is 2.62. The van der Waals surface area contributed by atoms with Crippen LogP contribution >= 0.6 is 11.6 Å². The second kappa shape index (κ2) is 7.55. The van der Waals surface area contributed by atoms with E-state index in [-0.39, 0.29) is 16.7 Å². The number of esters is 1. The number of halogens is 3. The van der Waals surface area contributed by atoms with Crippen molar-refractivity contribution in [3.63, 3.8) is 0 Å². The Morgan fingerprint density at radius 1 is 1.11 bits per heavy atom. The minimum Gasteiger partial charge on any atom is -0.450 e. The second-order valence-electron chi connectivity index (χ2n) is 5.36. The van der Waals surface area contributed by atoms with Crippen LogP contribution in [0.1, 0.15) is 10.6 Å². The van der Waals surface area contributed by atoms with E-state index < -0.39 is 41.3 Å². The molecule has 9 heteroatoms. The molecular formula is C18H10ClF2NO5. The molecule has 1 aromatic heterocycles. The largest absolute Gasteiger partial charge is 0.450 e. The first-order valence-corrected chi connectivity index (χ1v) is 7.87. The monoisotopic (exact) mass is 393 g/mol. The number of hydrogen-bond donors (Lipinski definition) is 1. The average molecular weight is 394 g/mol. The normalized spacial score (nSPS) is 10.6. The molecule has 3 rings (SSSR count).